The minimum atomic E-state index is -0.311. The lowest BCUT2D eigenvalue weighted by molar-refractivity contribution is -0.114. The Balaban J connectivity index is 2.18. The van der Waals surface area contributed by atoms with Gasteiger partial charge in [-0.3, -0.25) is 4.79 Å². The van der Waals surface area contributed by atoms with Crippen LogP contribution in [0.2, 0.25) is 5.02 Å². The third-order valence-corrected chi connectivity index (χ3v) is 4.18. The third-order valence-electron chi connectivity index (χ3n) is 3.77. The van der Waals surface area contributed by atoms with Gasteiger partial charge in [-0.15, -0.1) is 0 Å². The highest BCUT2D eigenvalue weighted by Crippen LogP contribution is 2.47. The molecule has 0 saturated carbocycles. The molecule has 0 aliphatic carbocycles. The first kappa shape index (κ1) is 13.9. The fourth-order valence-electron chi connectivity index (χ4n) is 2.80. The number of halogens is 1. The van der Waals surface area contributed by atoms with E-state index in [1.54, 1.807) is 6.07 Å². The molecule has 4 nitrogen and oxygen atoms in total. The van der Waals surface area contributed by atoms with Gasteiger partial charge in [0.05, 0.1) is 16.8 Å². The molecule has 2 aromatic carbocycles. The van der Waals surface area contributed by atoms with Crippen molar-refractivity contribution in [3.63, 3.8) is 0 Å². The summed E-state index contributed by atoms with van der Waals surface area (Å²) in [6.07, 6.45) is 0. The Kier molecular flexibility index (Phi) is 3.35. The minimum Gasteiger partial charge on any atom is -0.344 e. The zero-order chi connectivity index (χ0) is 15.1. The number of hydrogen-bond donors (Lipinski definition) is 2. The van der Waals surface area contributed by atoms with Crippen molar-refractivity contribution in [2.45, 2.75) is 13.0 Å². The van der Waals surface area contributed by atoms with Crippen LogP contribution in [0.4, 0.5) is 17.1 Å². The van der Waals surface area contributed by atoms with E-state index in [-0.39, 0.29) is 11.9 Å². The van der Waals surface area contributed by atoms with Crippen molar-refractivity contribution in [2.75, 3.05) is 17.3 Å². The molecule has 1 aliphatic rings. The van der Waals surface area contributed by atoms with E-state index in [1.165, 1.54) is 6.92 Å². The van der Waals surface area contributed by atoms with Gasteiger partial charge in [0.15, 0.2) is 0 Å². The molecule has 0 bridgehead atoms. The molecule has 1 heterocycles. The molecule has 1 atom stereocenters. The molecule has 1 amide bonds. The van der Waals surface area contributed by atoms with Gasteiger partial charge in [0, 0.05) is 30.9 Å². The Morgan fingerprint density at radius 3 is 2.67 bits per heavy atom. The highest BCUT2D eigenvalue weighted by atomic mass is 35.5. The molecule has 1 aliphatic heterocycles. The van der Waals surface area contributed by atoms with Gasteiger partial charge in [0.2, 0.25) is 5.91 Å². The number of carbonyl (C=O) groups is 1. The lowest BCUT2D eigenvalue weighted by Gasteiger charge is -2.34. The van der Waals surface area contributed by atoms with E-state index >= 15 is 0 Å². The number of nitrogens with one attached hydrogen (secondary N) is 1. The van der Waals surface area contributed by atoms with E-state index < -0.39 is 0 Å². The molecule has 21 heavy (non-hydrogen) atoms. The molecule has 0 aromatic heterocycles. The molecule has 5 heteroatoms. The van der Waals surface area contributed by atoms with Crippen LogP contribution in [0, 0.1) is 0 Å². The number of para-hydroxylation sites is 1. The van der Waals surface area contributed by atoms with Crippen molar-refractivity contribution in [3.05, 3.63) is 52.5 Å². The number of hydrogen-bond acceptors (Lipinski definition) is 3. The number of benzene rings is 2. The van der Waals surface area contributed by atoms with Gasteiger partial charge in [-0.05, 0) is 23.8 Å². The topological polar surface area (TPSA) is 58.4 Å². The van der Waals surface area contributed by atoms with Gasteiger partial charge in [-0.25, -0.2) is 0 Å². The van der Waals surface area contributed by atoms with Crippen molar-refractivity contribution in [1.82, 2.24) is 0 Å². The Hall–Kier alpha value is -2.04. The van der Waals surface area contributed by atoms with Gasteiger partial charge in [0.1, 0.15) is 0 Å². The van der Waals surface area contributed by atoms with E-state index in [0.717, 1.165) is 22.5 Å². The van der Waals surface area contributed by atoms with Gasteiger partial charge >= 0.3 is 0 Å². The average Bonchev–Trinajstić information content (AvgIpc) is 2.46. The van der Waals surface area contributed by atoms with Crippen LogP contribution in [0.25, 0.3) is 0 Å². The number of rotatable bonds is 1. The van der Waals surface area contributed by atoms with E-state index in [4.69, 9.17) is 17.3 Å². The van der Waals surface area contributed by atoms with Crippen molar-refractivity contribution < 1.29 is 4.79 Å². The first-order valence-electron chi connectivity index (χ1n) is 6.69. The zero-order valence-electron chi connectivity index (χ0n) is 11.9. The van der Waals surface area contributed by atoms with Gasteiger partial charge in [-0.2, -0.15) is 0 Å². The molecule has 3 N–H and O–H groups in total. The number of nitrogens with two attached hydrogens (primary N) is 1. The van der Waals surface area contributed by atoms with Crippen molar-refractivity contribution in [3.8, 4) is 0 Å². The molecule has 0 radical (unpaired) electrons. The average molecular weight is 302 g/mol. The molecule has 0 spiro atoms. The normalized spacial score (nSPS) is 16.2. The number of nitrogens with zero attached hydrogens (tertiary/aromatic N) is 1. The lowest BCUT2D eigenvalue weighted by atomic mass is 9.91. The predicted molar refractivity (Wildman–Crippen MR) is 86.3 cm³/mol. The SMILES string of the molecule is CC(=O)Nc1ccc2c(c1Cl)C(N)c1ccccc1N2C. The highest BCUT2D eigenvalue weighted by Gasteiger charge is 2.29. The molecule has 3 rings (SSSR count). The summed E-state index contributed by atoms with van der Waals surface area (Å²) in [5, 5.41) is 3.23. The molecule has 0 fully saturated rings. The van der Waals surface area contributed by atoms with Crippen LogP contribution in [-0.4, -0.2) is 13.0 Å². The summed E-state index contributed by atoms with van der Waals surface area (Å²) in [6.45, 7) is 1.46. The molecule has 0 saturated heterocycles. The van der Waals surface area contributed by atoms with Crippen LogP contribution in [0.3, 0.4) is 0 Å². The monoisotopic (exact) mass is 301 g/mol. The van der Waals surface area contributed by atoms with E-state index in [9.17, 15) is 4.79 Å². The summed E-state index contributed by atoms with van der Waals surface area (Å²) in [6, 6.07) is 11.4. The summed E-state index contributed by atoms with van der Waals surface area (Å²) in [4.78, 5) is 13.3. The Morgan fingerprint density at radius 1 is 1.24 bits per heavy atom. The Labute approximate surface area is 128 Å². The van der Waals surface area contributed by atoms with Crippen LogP contribution in [0.1, 0.15) is 24.1 Å². The van der Waals surface area contributed by atoms with Crippen molar-refractivity contribution in [2.24, 2.45) is 5.73 Å². The molecular weight excluding hydrogens is 286 g/mol. The van der Waals surface area contributed by atoms with Gasteiger partial charge in [0.25, 0.3) is 0 Å². The Morgan fingerprint density at radius 2 is 1.95 bits per heavy atom. The molecule has 2 aromatic rings. The van der Waals surface area contributed by atoms with Crippen LogP contribution in [0.15, 0.2) is 36.4 Å². The smallest absolute Gasteiger partial charge is 0.221 e. The van der Waals surface area contributed by atoms with Crippen molar-refractivity contribution in [1.29, 1.82) is 0 Å². The van der Waals surface area contributed by atoms with E-state index in [1.807, 2.05) is 37.4 Å². The molecular formula is C16H16ClN3O. The highest BCUT2D eigenvalue weighted by molar-refractivity contribution is 6.35. The maximum atomic E-state index is 11.3. The number of amides is 1. The first-order valence-corrected chi connectivity index (χ1v) is 7.06. The maximum absolute atomic E-state index is 11.3. The molecule has 1 unspecified atom stereocenters. The number of fused-ring (bicyclic) bond motifs is 2. The van der Waals surface area contributed by atoms with Crippen molar-refractivity contribution >= 4 is 34.6 Å². The van der Waals surface area contributed by atoms with Crippen LogP contribution in [-0.2, 0) is 4.79 Å². The predicted octanol–water partition coefficient (Wildman–Crippen LogP) is 3.43. The summed E-state index contributed by atoms with van der Waals surface area (Å²) in [5.74, 6) is -0.157. The number of carbonyl (C=O) groups excluding carboxylic acids is 1. The second-order valence-corrected chi connectivity index (χ2v) is 5.51. The van der Waals surface area contributed by atoms with E-state index in [2.05, 4.69) is 10.2 Å². The number of anilines is 3. The third kappa shape index (κ3) is 2.17. The van der Waals surface area contributed by atoms with Crippen LogP contribution < -0.4 is 16.0 Å². The fraction of sp³-hybridized carbons (Fsp3) is 0.188. The quantitative estimate of drug-likeness (QED) is 0.848. The van der Waals surface area contributed by atoms with E-state index in [0.29, 0.717) is 10.7 Å². The second-order valence-electron chi connectivity index (χ2n) is 5.14. The summed E-state index contributed by atoms with van der Waals surface area (Å²) in [7, 11) is 1.98. The van der Waals surface area contributed by atoms with Gasteiger partial charge < -0.3 is 16.0 Å². The molecule has 108 valence electrons. The second kappa shape index (κ2) is 5.06. The lowest BCUT2D eigenvalue weighted by Crippen LogP contribution is -2.26. The van der Waals surface area contributed by atoms with Crippen LogP contribution >= 0.6 is 11.6 Å². The largest absolute Gasteiger partial charge is 0.344 e. The Bertz CT molecular complexity index is 729. The maximum Gasteiger partial charge on any atom is 0.221 e. The fourth-order valence-corrected chi connectivity index (χ4v) is 3.12. The standard InChI is InChI=1S/C16H16ClN3O/c1-9(21)19-11-7-8-13-14(15(11)17)16(18)10-5-3-4-6-12(10)20(13)2/h3-8,16H,18H2,1-2H3,(H,19,21). The van der Waals surface area contributed by atoms with Gasteiger partial charge in [-0.1, -0.05) is 29.8 Å². The zero-order valence-corrected chi connectivity index (χ0v) is 12.6. The summed E-state index contributed by atoms with van der Waals surface area (Å²) < 4.78 is 0. The first-order chi connectivity index (χ1) is 10.0. The summed E-state index contributed by atoms with van der Waals surface area (Å²) in [5.41, 5.74) is 10.9. The summed E-state index contributed by atoms with van der Waals surface area (Å²) >= 11 is 6.48. The van der Waals surface area contributed by atoms with Crippen LogP contribution in [0.5, 0.6) is 0 Å². The minimum absolute atomic E-state index is 0.157.